The number of hydrogen-bond donors (Lipinski definition) is 1. The van der Waals surface area contributed by atoms with Gasteiger partial charge in [-0.25, -0.2) is 0 Å². The molecule has 4 heteroatoms. The molecule has 0 atom stereocenters. The standard InChI is InChI=1S/C13H16N2O2/c1-3-15(8-4-7-14)13(17)12-6-5-11(16)9-10(12)2/h5-6,9,16H,3-4,8H2,1-2H3. The van der Waals surface area contributed by atoms with Crippen LogP contribution in [0.2, 0.25) is 0 Å². The maximum atomic E-state index is 12.1. The van der Waals surface area contributed by atoms with Gasteiger partial charge in [0.25, 0.3) is 5.91 Å². The van der Waals surface area contributed by atoms with E-state index in [0.29, 0.717) is 25.1 Å². The molecule has 0 aliphatic carbocycles. The molecule has 1 aromatic rings. The first-order valence-electron chi connectivity index (χ1n) is 5.56. The van der Waals surface area contributed by atoms with Crippen molar-refractivity contribution in [2.24, 2.45) is 0 Å². The van der Waals surface area contributed by atoms with E-state index in [1.807, 2.05) is 13.0 Å². The van der Waals surface area contributed by atoms with E-state index in [9.17, 15) is 9.90 Å². The minimum atomic E-state index is -0.0970. The highest BCUT2D eigenvalue weighted by Gasteiger charge is 2.15. The molecule has 0 aliphatic heterocycles. The molecule has 0 heterocycles. The molecule has 0 unspecified atom stereocenters. The lowest BCUT2D eigenvalue weighted by Gasteiger charge is -2.20. The number of aromatic hydroxyl groups is 1. The van der Waals surface area contributed by atoms with E-state index in [1.54, 1.807) is 24.0 Å². The number of hydrogen-bond acceptors (Lipinski definition) is 3. The minimum Gasteiger partial charge on any atom is -0.508 e. The van der Waals surface area contributed by atoms with Crippen molar-refractivity contribution in [1.82, 2.24) is 4.90 Å². The van der Waals surface area contributed by atoms with Gasteiger partial charge in [-0.15, -0.1) is 0 Å². The van der Waals surface area contributed by atoms with E-state index < -0.39 is 0 Å². The number of nitriles is 1. The predicted molar refractivity (Wildman–Crippen MR) is 64.7 cm³/mol. The van der Waals surface area contributed by atoms with E-state index in [0.717, 1.165) is 5.56 Å². The molecule has 0 fully saturated rings. The number of carbonyl (C=O) groups excluding carboxylic acids is 1. The quantitative estimate of drug-likeness (QED) is 0.864. The molecule has 0 spiro atoms. The van der Waals surface area contributed by atoms with Crippen LogP contribution in [-0.2, 0) is 0 Å². The zero-order valence-electron chi connectivity index (χ0n) is 10.1. The molecular weight excluding hydrogens is 216 g/mol. The van der Waals surface area contributed by atoms with Crippen molar-refractivity contribution < 1.29 is 9.90 Å². The Morgan fingerprint density at radius 1 is 1.53 bits per heavy atom. The number of benzene rings is 1. The van der Waals surface area contributed by atoms with E-state index in [2.05, 4.69) is 0 Å². The Hall–Kier alpha value is -2.02. The molecule has 0 saturated heterocycles. The Bertz CT molecular complexity index is 449. The van der Waals surface area contributed by atoms with Crippen LogP contribution in [0.25, 0.3) is 0 Å². The van der Waals surface area contributed by atoms with Gasteiger partial charge >= 0.3 is 0 Å². The first kappa shape index (κ1) is 13.0. The fourth-order valence-corrected chi connectivity index (χ4v) is 1.65. The fourth-order valence-electron chi connectivity index (χ4n) is 1.65. The van der Waals surface area contributed by atoms with Crippen LogP contribution in [0.5, 0.6) is 5.75 Å². The van der Waals surface area contributed by atoms with E-state index in [-0.39, 0.29) is 11.7 Å². The van der Waals surface area contributed by atoms with Gasteiger partial charge in [0.1, 0.15) is 5.75 Å². The molecule has 0 saturated carbocycles. The van der Waals surface area contributed by atoms with Crippen molar-refractivity contribution in [3.05, 3.63) is 29.3 Å². The number of aryl methyl sites for hydroxylation is 1. The molecule has 0 bridgehead atoms. The monoisotopic (exact) mass is 232 g/mol. The Kier molecular flexibility index (Phi) is 4.53. The molecule has 0 aliphatic rings. The van der Waals surface area contributed by atoms with Crippen LogP contribution >= 0.6 is 0 Å². The normalized spacial score (nSPS) is 9.71. The van der Waals surface area contributed by atoms with Crippen LogP contribution in [0.4, 0.5) is 0 Å². The third kappa shape index (κ3) is 3.22. The van der Waals surface area contributed by atoms with Crippen molar-refractivity contribution in [3.63, 3.8) is 0 Å². The Balaban J connectivity index is 2.90. The van der Waals surface area contributed by atoms with E-state index in [1.165, 1.54) is 6.07 Å². The zero-order valence-corrected chi connectivity index (χ0v) is 10.1. The molecule has 17 heavy (non-hydrogen) atoms. The van der Waals surface area contributed by atoms with E-state index >= 15 is 0 Å². The molecule has 1 amide bonds. The molecular formula is C13H16N2O2. The lowest BCUT2D eigenvalue weighted by Crippen LogP contribution is -2.32. The Morgan fingerprint density at radius 2 is 2.24 bits per heavy atom. The average Bonchev–Trinajstić information content (AvgIpc) is 2.29. The van der Waals surface area contributed by atoms with Gasteiger partial charge in [-0.1, -0.05) is 0 Å². The summed E-state index contributed by atoms with van der Waals surface area (Å²) in [7, 11) is 0. The van der Waals surface area contributed by atoms with Gasteiger partial charge in [-0.2, -0.15) is 5.26 Å². The van der Waals surface area contributed by atoms with Gasteiger partial charge in [0.2, 0.25) is 0 Å². The smallest absolute Gasteiger partial charge is 0.254 e. The van der Waals surface area contributed by atoms with Gasteiger partial charge in [-0.3, -0.25) is 4.79 Å². The third-order valence-corrected chi connectivity index (χ3v) is 2.60. The van der Waals surface area contributed by atoms with Crippen molar-refractivity contribution in [2.75, 3.05) is 13.1 Å². The average molecular weight is 232 g/mol. The second-order valence-electron chi connectivity index (χ2n) is 3.79. The van der Waals surface area contributed by atoms with Crippen LogP contribution in [0.15, 0.2) is 18.2 Å². The maximum Gasteiger partial charge on any atom is 0.254 e. The maximum absolute atomic E-state index is 12.1. The topological polar surface area (TPSA) is 64.3 Å². The fraction of sp³-hybridized carbons (Fsp3) is 0.385. The second-order valence-corrected chi connectivity index (χ2v) is 3.79. The summed E-state index contributed by atoms with van der Waals surface area (Å²) in [5.41, 5.74) is 1.31. The van der Waals surface area contributed by atoms with Crippen LogP contribution in [0.1, 0.15) is 29.3 Å². The lowest BCUT2D eigenvalue weighted by atomic mass is 10.1. The van der Waals surface area contributed by atoms with Crippen LogP contribution in [0, 0.1) is 18.3 Å². The van der Waals surface area contributed by atoms with Gasteiger partial charge in [0, 0.05) is 18.7 Å². The zero-order chi connectivity index (χ0) is 12.8. The molecule has 0 radical (unpaired) electrons. The SMILES string of the molecule is CCN(CCC#N)C(=O)c1ccc(O)cc1C. The molecule has 1 rings (SSSR count). The highest BCUT2D eigenvalue weighted by atomic mass is 16.3. The number of amides is 1. The third-order valence-electron chi connectivity index (χ3n) is 2.60. The number of phenols is 1. The minimum absolute atomic E-state index is 0.0970. The first-order chi connectivity index (χ1) is 8.10. The summed E-state index contributed by atoms with van der Waals surface area (Å²) in [6.07, 6.45) is 0.330. The number of nitrogens with zero attached hydrogens (tertiary/aromatic N) is 2. The summed E-state index contributed by atoms with van der Waals surface area (Å²) < 4.78 is 0. The predicted octanol–water partition coefficient (Wildman–Crippen LogP) is 2.08. The lowest BCUT2D eigenvalue weighted by molar-refractivity contribution is 0.0767. The van der Waals surface area contributed by atoms with Crippen molar-refractivity contribution in [1.29, 1.82) is 5.26 Å². The number of carbonyl (C=O) groups is 1. The van der Waals surface area contributed by atoms with Crippen molar-refractivity contribution in [3.8, 4) is 11.8 Å². The molecule has 0 aromatic heterocycles. The van der Waals surface area contributed by atoms with Crippen molar-refractivity contribution in [2.45, 2.75) is 20.3 Å². The summed E-state index contributed by atoms with van der Waals surface area (Å²) in [6.45, 7) is 4.67. The number of phenolic OH excluding ortho intramolecular Hbond substituents is 1. The summed E-state index contributed by atoms with van der Waals surface area (Å²) in [6, 6.07) is 6.70. The molecule has 90 valence electrons. The second kappa shape index (κ2) is 5.90. The summed E-state index contributed by atoms with van der Waals surface area (Å²) >= 11 is 0. The van der Waals surface area contributed by atoms with Gasteiger partial charge in [0.15, 0.2) is 0 Å². The largest absolute Gasteiger partial charge is 0.508 e. The number of rotatable bonds is 4. The molecule has 1 aromatic carbocycles. The summed E-state index contributed by atoms with van der Waals surface area (Å²) in [5, 5.41) is 17.8. The van der Waals surface area contributed by atoms with Crippen LogP contribution < -0.4 is 0 Å². The Labute approximate surface area is 101 Å². The van der Waals surface area contributed by atoms with Crippen LogP contribution in [-0.4, -0.2) is 29.0 Å². The van der Waals surface area contributed by atoms with Gasteiger partial charge < -0.3 is 10.0 Å². The van der Waals surface area contributed by atoms with Gasteiger partial charge in [0.05, 0.1) is 12.5 Å². The Morgan fingerprint density at radius 3 is 2.76 bits per heavy atom. The van der Waals surface area contributed by atoms with Crippen LogP contribution in [0.3, 0.4) is 0 Å². The highest BCUT2D eigenvalue weighted by Crippen LogP contribution is 2.17. The van der Waals surface area contributed by atoms with Gasteiger partial charge in [-0.05, 0) is 37.6 Å². The van der Waals surface area contributed by atoms with Crippen molar-refractivity contribution >= 4 is 5.91 Å². The summed E-state index contributed by atoms with van der Waals surface area (Å²) in [4.78, 5) is 13.8. The molecule has 1 N–H and O–H groups in total. The molecule has 4 nitrogen and oxygen atoms in total. The first-order valence-corrected chi connectivity index (χ1v) is 5.56. The highest BCUT2D eigenvalue weighted by molar-refractivity contribution is 5.95. The summed E-state index contributed by atoms with van der Waals surface area (Å²) in [5.74, 6) is 0.0550. The van der Waals surface area contributed by atoms with E-state index in [4.69, 9.17) is 5.26 Å².